The summed E-state index contributed by atoms with van der Waals surface area (Å²) in [5.74, 6) is 0.767. The minimum Gasteiger partial charge on any atom is -0.497 e. The van der Waals surface area contributed by atoms with Crippen LogP contribution in [0.5, 0.6) is 5.75 Å². The van der Waals surface area contributed by atoms with Crippen molar-refractivity contribution < 1.29 is 9.53 Å². The van der Waals surface area contributed by atoms with Crippen LogP contribution < -0.4 is 4.74 Å². The van der Waals surface area contributed by atoms with Crippen LogP contribution in [0, 0.1) is 0 Å². The van der Waals surface area contributed by atoms with E-state index < -0.39 is 0 Å². The van der Waals surface area contributed by atoms with Gasteiger partial charge in [0.1, 0.15) is 5.75 Å². The normalized spacial score (nSPS) is 10.6. The van der Waals surface area contributed by atoms with Crippen molar-refractivity contribution in [1.29, 1.82) is 0 Å². The van der Waals surface area contributed by atoms with Crippen LogP contribution in [-0.2, 0) is 0 Å². The van der Waals surface area contributed by atoms with Crippen molar-refractivity contribution in [3.63, 3.8) is 0 Å². The summed E-state index contributed by atoms with van der Waals surface area (Å²) in [6.45, 7) is 0. The molecule has 3 heteroatoms. The molecule has 3 aromatic rings. The molecule has 3 nitrogen and oxygen atoms in total. The van der Waals surface area contributed by atoms with E-state index in [2.05, 4.69) is 4.98 Å². The summed E-state index contributed by atoms with van der Waals surface area (Å²) in [7, 11) is 1.61. The molecule has 0 saturated carbocycles. The molecular weight excluding hydrogens is 238 g/mol. The van der Waals surface area contributed by atoms with E-state index in [1.165, 1.54) is 0 Å². The van der Waals surface area contributed by atoms with Crippen molar-refractivity contribution in [2.45, 2.75) is 0 Å². The largest absolute Gasteiger partial charge is 0.497 e. The Kier molecular flexibility index (Phi) is 2.80. The molecule has 0 bridgehead atoms. The van der Waals surface area contributed by atoms with Crippen LogP contribution in [0.2, 0.25) is 0 Å². The van der Waals surface area contributed by atoms with Crippen LogP contribution in [-0.4, -0.2) is 17.9 Å². The fraction of sp³-hybridized carbons (Fsp3) is 0.0625. The van der Waals surface area contributed by atoms with E-state index in [0.717, 1.165) is 16.7 Å². The molecule has 2 aromatic carbocycles. The minimum absolute atomic E-state index is 0.0192. The van der Waals surface area contributed by atoms with E-state index in [4.69, 9.17) is 4.74 Å². The maximum atomic E-state index is 12.4. The molecule has 3 rings (SSSR count). The summed E-state index contributed by atoms with van der Waals surface area (Å²) in [5, 5.41) is 1.04. The van der Waals surface area contributed by atoms with E-state index in [1.54, 1.807) is 31.4 Å². The van der Waals surface area contributed by atoms with Gasteiger partial charge in [0, 0.05) is 28.2 Å². The zero-order valence-electron chi connectivity index (χ0n) is 10.5. The van der Waals surface area contributed by atoms with Gasteiger partial charge in [-0.3, -0.25) is 4.79 Å². The molecule has 0 unspecified atom stereocenters. The summed E-state index contributed by atoms with van der Waals surface area (Å²) in [6, 6.07) is 14.8. The molecule has 0 aliphatic heterocycles. The van der Waals surface area contributed by atoms with Gasteiger partial charge in [0.25, 0.3) is 0 Å². The first-order valence-electron chi connectivity index (χ1n) is 6.04. The van der Waals surface area contributed by atoms with Crippen LogP contribution in [0.25, 0.3) is 10.9 Å². The number of methoxy groups -OCH3 is 1. The number of carbonyl (C=O) groups is 1. The Labute approximate surface area is 110 Å². The predicted molar refractivity (Wildman–Crippen MR) is 74.7 cm³/mol. The third-order valence-electron chi connectivity index (χ3n) is 3.17. The zero-order valence-corrected chi connectivity index (χ0v) is 10.5. The Morgan fingerprint density at radius 2 is 1.74 bits per heavy atom. The van der Waals surface area contributed by atoms with E-state index in [0.29, 0.717) is 11.1 Å². The number of nitrogens with one attached hydrogen (secondary N) is 1. The molecule has 1 N–H and O–H groups in total. The molecule has 0 fully saturated rings. The van der Waals surface area contributed by atoms with Gasteiger partial charge in [0.2, 0.25) is 0 Å². The van der Waals surface area contributed by atoms with Gasteiger partial charge >= 0.3 is 0 Å². The maximum absolute atomic E-state index is 12.4. The minimum atomic E-state index is 0.0192. The predicted octanol–water partition coefficient (Wildman–Crippen LogP) is 3.41. The number of ether oxygens (including phenoxy) is 1. The van der Waals surface area contributed by atoms with Crippen LogP contribution in [0.15, 0.2) is 54.7 Å². The van der Waals surface area contributed by atoms with Gasteiger partial charge in [-0.2, -0.15) is 0 Å². The first-order valence-corrected chi connectivity index (χ1v) is 6.04. The molecule has 0 amide bonds. The molecule has 0 saturated heterocycles. The number of carbonyl (C=O) groups excluding carboxylic acids is 1. The number of aromatic nitrogens is 1. The van der Waals surface area contributed by atoms with Crippen molar-refractivity contribution in [2.75, 3.05) is 7.11 Å². The highest BCUT2D eigenvalue weighted by atomic mass is 16.5. The maximum Gasteiger partial charge on any atom is 0.193 e. The van der Waals surface area contributed by atoms with Crippen LogP contribution in [0.4, 0.5) is 0 Å². The Hall–Kier alpha value is -2.55. The quantitative estimate of drug-likeness (QED) is 0.725. The third kappa shape index (κ3) is 2.10. The van der Waals surface area contributed by atoms with Gasteiger partial charge in [-0.1, -0.05) is 0 Å². The molecule has 1 aromatic heterocycles. The van der Waals surface area contributed by atoms with Crippen LogP contribution in [0.3, 0.4) is 0 Å². The second kappa shape index (κ2) is 4.61. The Bertz CT molecular complexity index is 726. The number of benzene rings is 2. The summed E-state index contributed by atoms with van der Waals surface area (Å²) in [6.07, 6.45) is 1.87. The lowest BCUT2D eigenvalue weighted by Crippen LogP contribution is -2.00. The lowest BCUT2D eigenvalue weighted by atomic mass is 10.0. The number of fused-ring (bicyclic) bond motifs is 1. The lowest BCUT2D eigenvalue weighted by Gasteiger charge is -2.03. The van der Waals surface area contributed by atoms with Gasteiger partial charge in [-0.15, -0.1) is 0 Å². The standard InChI is InChI=1S/C16H13NO2/c1-19-14-5-2-11(3-6-14)16(18)13-4-7-15-12(10-13)8-9-17-15/h2-10,17H,1H3. The first-order chi connectivity index (χ1) is 9.28. The monoisotopic (exact) mass is 251 g/mol. The fourth-order valence-electron chi connectivity index (χ4n) is 2.10. The average Bonchev–Trinajstić information content (AvgIpc) is 2.94. The van der Waals surface area contributed by atoms with E-state index in [9.17, 15) is 4.79 Å². The van der Waals surface area contributed by atoms with Crippen molar-refractivity contribution in [1.82, 2.24) is 4.98 Å². The molecule has 19 heavy (non-hydrogen) atoms. The molecule has 0 spiro atoms. The van der Waals surface area contributed by atoms with Crippen LogP contribution >= 0.6 is 0 Å². The highest BCUT2D eigenvalue weighted by Crippen LogP contribution is 2.19. The second-order valence-corrected chi connectivity index (χ2v) is 4.34. The number of rotatable bonds is 3. The average molecular weight is 251 g/mol. The number of ketones is 1. The summed E-state index contributed by atoms with van der Waals surface area (Å²) >= 11 is 0. The lowest BCUT2D eigenvalue weighted by molar-refractivity contribution is 0.103. The molecular formula is C16H13NO2. The third-order valence-corrected chi connectivity index (χ3v) is 3.17. The van der Waals surface area contributed by atoms with Gasteiger partial charge < -0.3 is 9.72 Å². The van der Waals surface area contributed by atoms with Gasteiger partial charge in [0.15, 0.2) is 5.78 Å². The van der Waals surface area contributed by atoms with Crippen molar-refractivity contribution in [3.8, 4) is 5.75 Å². The number of hydrogen-bond donors (Lipinski definition) is 1. The molecule has 0 atom stereocenters. The number of hydrogen-bond acceptors (Lipinski definition) is 2. The highest BCUT2D eigenvalue weighted by molar-refractivity contribution is 6.10. The van der Waals surface area contributed by atoms with Crippen molar-refractivity contribution in [2.24, 2.45) is 0 Å². The summed E-state index contributed by atoms with van der Waals surface area (Å²) in [5.41, 5.74) is 2.39. The molecule has 94 valence electrons. The number of H-pyrrole nitrogens is 1. The van der Waals surface area contributed by atoms with Gasteiger partial charge in [0.05, 0.1) is 7.11 Å². The zero-order chi connectivity index (χ0) is 13.2. The topological polar surface area (TPSA) is 42.1 Å². The second-order valence-electron chi connectivity index (χ2n) is 4.34. The van der Waals surface area contributed by atoms with Crippen molar-refractivity contribution in [3.05, 3.63) is 65.9 Å². The SMILES string of the molecule is COc1ccc(C(=O)c2ccc3[nH]ccc3c2)cc1. The Morgan fingerprint density at radius 1 is 1.00 bits per heavy atom. The molecule has 0 radical (unpaired) electrons. The molecule has 1 heterocycles. The summed E-state index contributed by atoms with van der Waals surface area (Å²) in [4.78, 5) is 15.5. The summed E-state index contributed by atoms with van der Waals surface area (Å²) < 4.78 is 5.09. The molecule has 0 aliphatic rings. The fourth-order valence-corrected chi connectivity index (χ4v) is 2.10. The van der Waals surface area contributed by atoms with Crippen LogP contribution in [0.1, 0.15) is 15.9 Å². The van der Waals surface area contributed by atoms with Crippen molar-refractivity contribution >= 4 is 16.7 Å². The Balaban J connectivity index is 1.97. The van der Waals surface area contributed by atoms with Gasteiger partial charge in [-0.05, 0) is 48.5 Å². The Morgan fingerprint density at radius 3 is 2.47 bits per heavy atom. The first kappa shape index (κ1) is 11.5. The van der Waals surface area contributed by atoms with Gasteiger partial charge in [-0.25, -0.2) is 0 Å². The highest BCUT2D eigenvalue weighted by Gasteiger charge is 2.09. The number of aromatic amines is 1. The van der Waals surface area contributed by atoms with E-state index >= 15 is 0 Å². The molecule has 0 aliphatic carbocycles. The van der Waals surface area contributed by atoms with E-state index in [1.807, 2.05) is 30.5 Å². The van der Waals surface area contributed by atoms with E-state index in [-0.39, 0.29) is 5.78 Å². The smallest absolute Gasteiger partial charge is 0.193 e.